The minimum atomic E-state index is -0.241. The number of hydrogen-bond donors (Lipinski definition) is 1. The van der Waals surface area contributed by atoms with Gasteiger partial charge in [-0.1, -0.05) is 64.4 Å². The molecule has 5 nitrogen and oxygen atoms in total. The van der Waals surface area contributed by atoms with Crippen molar-refractivity contribution in [3.63, 3.8) is 0 Å². The Hall–Kier alpha value is -2.47. The van der Waals surface area contributed by atoms with Gasteiger partial charge in [-0.3, -0.25) is 4.79 Å². The Morgan fingerprint density at radius 1 is 1.06 bits per heavy atom. The van der Waals surface area contributed by atoms with E-state index in [1.165, 1.54) is 4.68 Å². The predicted octanol–water partition coefficient (Wildman–Crippen LogP) is 6.29. The van der Waals surface area contributed by atoms with Crippen LogP contribution in [0.15, 0.2) is 44.7 Å². The lowest BCUT2D eigenvalue weighted by molar-refractivity contribution is 0.423. The summed E-state index contributed by atoms with van der Waals surface area (Å²) in [6, 6.07) is 9.41. The third-order valence-corrected chi connectivity index (χ3v) is 5.91. The van der Waals surface area contributed by atoms with Crippen LogP contribution in [0.25, 0.3) is 10.9 Å². The summed E-state index contributed by atoms with van der Waals surface area (Å²) in [6.45, 7) is 14.5. The molecule has 3 rings (SSSR count). The summed E-state index contributed by atoms with van der Waals surface area (Å²) in [6.07, 6.45) is 3.19. The van der Waals surface area contributed by atoms with Crippen molar-refractivity contribution in [1.82, 2.24) is 9.66 Å². The van der Waals surface area contributed by atoms with E-state index < -0.39 is 0 Å². The summed E-state index contributed by atoms with van der Waals surface area (Å²) < 4.78 is 2.23. The first-order valence-electron chi connectivity index (χ1n) is 11.0. The van der Waals surface area contributed by atoms with Crippen LogP contribution in [-0.4, -0.2) is 21.0 Å². The van der Waals surface area contributed by atoms with E-state index in [-0.39, 0.29) is 16.4 Å². The molecule has 32 heavy (non-hydrogen) atoms. The number of benzene rings is 2. The van der Waals surface area contributed by atoms with E-state index in [2.05, 4.69) is 69.5 Å². The molecule has 0 radical (unpaired) electrons. The SMILES string of the molecule is CCCc1nc2ccc(Br)cc2c(=O)n1N=Cc1cc(C(C)(C)C)c(O)c(C(C)(C)C)c1. The van der Waals surface area contributed by atoms with Gasteiger partial charge in [-0.2, -0.15) is 9.78 Å². The molecule has 0 fully saturated rings. The molecule has 0 bridgehead atoms. The molecule has 1 aromatic heterocycles. The van der Waals surface area contributed by atoms with Crippen LogP contribution in [0.2, 0.25) is 0 Å². The molecule has 0 amide bonds. The minimum absolute atomic E-state index is 0.193. The first-order chi connectivity index (χ1) is 14.8. The van der Waals surface area contributed by atoms with Crippen LogP contribution in [0.5, 0.6) is 5.75 Å². The van der Waals surface area contributed by atoms with Gasteiger partial charge < -0.3 is 5.11 Å². The van der Waals surface area contributed by atoms with Crippen LogP contribution in [0, 0.1) is 0 Å². The van der Waals surface area contributed by atoms with Gasteiger partial charge in [-0.05, 0) is 53.1 Å². The molecule has 0 saturated heterocycles. The molecule has 0 saturated carbocycles. The summed E-state index contributed by atoms with van der Waals surface area (Å²) in [4.78, 5) is 17.9. The molecule has 3 aromatic rings. The molecule has 2 aromatic carbocycles. The first-order valence-corrected chi connectivity index (χ1v) is 11.8. The number of phenols is 1. The van der Waals surface area contributed by atoms with Gasteiger partial charge in [0, 0.05) is 22.0 Å². The molecule has 170 valence electrons. The molecule has 6 heteroatoms. The van der Waals surface area contributed by atoms with Crippen molar-refractivity contribution in [2.24, 2.45) is 5.10 Å². The van der Waals surface area contributed by atoms with E-state index in [0.717, 1.165) is 27.6 Å². The molecule has 0 unspecified atom stereocenters. The second kappa shape index (κ2) is 8.81. The van der Waals surface area contributed by atoms with Gasteiger partial charge in [0.2, 0.25) is 0 Å². The Morgan fingerprint density at radius 3 is 2.19 bits per heavy atom. The van der Waals surface area contributed by atoms with Crippen LogP contribution in [0.1, 0.15) is 77.4 Å². The summed E-state index contributed by atoms with van der Waals surface area (Å²) in [5.41, 5.74) is 2.54. The predicted molar refractivity (Wildman–Crippen MR) is 136 cm³/mol. The molecule has 1 N–H and O–H groups in total. The van der Waals surface area contributed by atoms with Gasteiger partial charge in [0.05, 0.1) is 17.1 Å². The fourth-order valence-electron chi connectivity index (χ4n) is 3.70. The van der Waals surface area contributed by atoms with Crippen LogP contribution in [0.4, 0.5) is 0 Å². The van der Waals surface area contributed by atoms with Crippen molar-refractivity contribution in [3.8, 4) is 5.75 Å². The quantitative estimate of drug-likeness (QED) is 0.430. The second-order valence-corrected chi connectivity index (χ2v) is 11.2. The molecule has 0 aliphatic heterocycles. The van der Waals surface area contributed by atoms with E-state index in [1.807, 2.05) is 24.3 Å². The maximum Gasteiger partial charge on any atom is 0.282 e. The zero-order valence-corrected chi connectivity index (χ0v) is 21.5. The number of aromatic nitrogens is 2. The fraction of sp³-hybridized carbons (Fsp3) is 0.423. The monoisotopic (exact) mass is 497 g/mol. The van der Waals surface area contributed by atoms with Crippen molar-refractivity contribution in [3.05, 3.63) is 67.7 Å². The summed E-state index contributed by atoms with van der Waals surface area (Å²) in [5.74, 6) is 0.956. The van der Waals surface area contributed by atoms with Crippen LogP contribution >= 0.6 is 15.9 Å². The lowest BCUT2D eigenvalue weighted by atomic mass is 9.78. The average molecular weight is 498 g/mol. The van der Waals surface area contributed by atoms with Gasteiger partial charge in [-0.15, -0.1) is 0 Å². The molecule has 0 spiro atoms. The third-order valence-electron chi connectivity index (χ3n) is 5.42. The lowest BCUT2D eigenvalue weighted by Gasteiger charge is -2.27. The zero-order chi connectivity index (χ0) is 23.8. The average Bonchev–Trinajstić information content (AvgIpc) is 2.67. The standard InChI is InChI=1S/C26H32BrN3O2/c1-8-9-22-29-21-11-10-17(27)14-18(21)24(32)30(22)28-15-16-12-19(25(2,3)4)23(31)20(13-16)26(5,6)7/h10-15,31H,8-9H2,1-7H3. The molecular formula is C26H32BrN3O2. The smallest absolute Gasteiger partial charge is 0.282 e. The van der Waals surface area contributed by atoms with Crippen LogP contribution in [-0.2, 0) is 17.3 Å². The van der Waals surface area contributed by atoms with Gasteiger partial charge in [-0.25, -0.2) is 4.98 Å². The van der Waals surface area contributed by atoms with E-state index in [1.54, 1.807) is 12.3 Å². The number of rotatable bonds is 4. The molecular weight excluding hydrogens is 466 g/mol. The van der Waals surface area contributed by atoms with Gasteiger partial charge in [0.1, 0.15) is 11.6 Å². The highest BCUT2D eigenvalue weighted by molar-refractivity contribution is 9.10. The van der Waals surface area contributed by atoms with E-state index in [9.17, 15) is 9.90 Å². The van der Waals surface area contributed by atoms with Crippen molar-refractivity contribution in [2.45, 2.75) is 72.1 Å². The van der Waals surface area contributed by atoms with Gasteiger partial charge >= 0.3 is 0 Å². The van der Waals surface area contributed by atoms with Crippen molar-refractivity contribution < 1.29 is 5.11 Å². The highest BCUT2D eigenvalue weighted by atomic mass is 79.9. The Balaban J connectivity index is 2.22. The van der Waals surface area contributed by atoms with Gasteiger partial charge in [0.15, 0.2) is 0 Å². The lowest BCUT2D eigenvalue weighted by Crippen LogP contribution is -2.22. The van der Waals surface area contributed by atoms with Crippen molar-refractivity contribution in [2.75, 3.05) is 0 Å². The van der Waals surface area contributed by atoms with Crippen LogP contribution in [0.3, 0.4) is 0 Å². The van der Waals surface area contributed by atoms with E-state index >= 15 is 0 Å². The third kappa shape index (κ3) is 4.96. The number of aromatic hydroxyl groups is 1. The molecule has 1 heterocycles. The van der Waals surface area contributed by atoms with E-state index in [4.69, 9.17) is 4.98 Å². The largest absolute Gasteiger partial charge is 0.507 e. The normalized spacial score (nSPS) is 12.8. The summed E-state index contributed by atoms with van der Waals surface area (Å²) in [5, 5.41) is 16.0. The number of fused-ring (bicyclic) bond motifs is 1. The zero-order valence-electron chi connectivity index (χ0n) is 20.0. The molecule has 0 atom stereocenters. The van der Waals surface area contributed by atoms with Crippen molar-refractivity contribution >= 4 is 33.0 Å². The number of halogens is 1. The van der Waals surface area contributed by atoms with Gasteiger partial charge in [0.25, 0.3) is 5.56 Å². The number of phenolic OH excluding ortho intramolecular Hbond substituents is 1. The molecule has 0 aliphatic carbocycles. The fourth-order valence-corrected chi connectivity index (χ4v) is 4.06. The second-order valence-electron chi connectivity index (χ2n) is 10.3. The topological polar surface area (TPSA) is 67.5 Å². The number of aryl methyl sites for hydroxylation is 1. The summed E-state index contributed by atoms with van der Waals surface area (Å²) in [7, 11) is 0. The Morgan fingerprint density at radius 2 is 1.66 bits per heavy atom. The molecule has 0 aliphatic rings. The Labute approximate surface area is 198 Å². The minimum Gasteiger partial charge on any atom is -0.507 e. The maximum atomic E-state index is 13.3. The highest BCUT2D eigenvalue weighted by Crippen LogP contribution is 2.39. The number of hydrogen-bond acceptors (Lipinski definition) is 4. The van der Waals surface area contributed by atoms with E-state index in [0.29, 0.717) is 28.9 Å². The summed E-state index contributed by atoms with van der Waals surface area (Å²) >= 11 is 3.44. The van der Waals surface area contributed by atoms with Crippen molar-refractivity contribution in [1.29, 1.82) is 0 Å². The Kier molecular flexibility index (Phi) is 6.66. The highest BCUT2D eigenvalue weighted by Gasteiger charge is 2.26. The Bertz CT molecular complexity index is 1210. The van der Waals surface area contributed by atoms with Crippen LogP contribution < -0.4 is 5.56 Å². The number of nitrogens with zero attached hydrogens (tertiary/aromatic N) is 3. The first kappa shape index (κ1) is 24.2. The maximum absolute atomic E-state index is 13.3.